The van der Waals surface area contributed by atoms with Gasteiger partial charge in [0.1, 0.15) is 18.4 Å². The molecule has 32 heavy (non-hydrogen) atoms. The molecule has 3 atom stereocenters. The standard InChI is InChI=1S/C24H41N3O5/c1-4-5-6-17-7-9-20(10-8-17)32-24(31)27-21(13-16(2)3)23(30)26-19(15-28)14-18-11-12-25-22(18)29/h15-21H,4-14H2,1-3H3,(H,25,29)(H,26,30)(H,27,31)/t17?,18-,19+,20?,21+/m1/s1. The second kappa shape index (κ2) is 13.4. The molecule has 1 saturated carbocycles. The molecule has 0 bridgehead atoms. The number of amides is 3. The molecule has 1 aliphatic carbocycles. The fourth-order valence-electron chi connectivity index (χ4n) is 4.67. The molecular formula is C24H41N3O5. The SMILES string of the molecule is CCCCC1CCC(OC(=O)N[C@@H](CC(C)C)C(=O)N[C@H](C=O)C[C@H]2CCNC2=O)CC1. The zero-order valence-corrected chi connectivity index (χ0v) is 19.9. The van der Waals surface area contributed by atoms with Crippen molar-refractivity contribution in [1.82, 2.24) is 16.0 Å². The fraction of sp³-hybridized carbons (Fsp3) is 0.833. The van der Waals surface area contributed by atoms with Gasteiger partial charge in [-0.1, -0.05) is 40.0 Å². The summed E-state index contributed by atoms with van der Waals surface area (Å²) in [7, 11) is 0. The minimum Gasteiger partial charge on any atom is -0.446 e. The number of rotatable bonds is 12. The van der Waals surface area contributed by atoms with Crippen molar-refractivity contribution in [3.8, 4) is 0 Å². The monoisotopic (exact) mass is 451 g/mol. The summed E-state index contributed by atoms with van der Waals surface area (Å²) in [5.74, 6) is 0.0969. The van der Waals surface area contributed by atoms with E-state index in [0.29, 0.717) is 25.7 Å². The van der Waals surface area contributed by atoms with E-state index in [9.17, 15) is 19.2 Å². The molecule has 0 aromatic rings. The number of carbonyl (C=O) groups is 4. The Labute approximate surface area is 192 Å². The van der Waals surface area contributed by atoms with Crippen LogP contribution in [-0.4, -0.2) is 48.9 Å². The average molecular weight is 452 g/mol. The Bertz CT molecular complexity index is 631. The van der Waals surface area contributed by atoms with Crippen LogP contribution in [0.1, 0.15) is 85.0 Å². The summed E-state index contributed by atoms with van der Waals surface area (Å²) in [6.07, 6.45) is 8.87. The number of carbonyl (C=O) groups excluding carboxylic acids is 4. The third-order valence-corrected chi connectivity index (χ3v) is 6.54. The maximum Gasteiger partial charge on any atom is 0.408 e. The maximum atomic E-state index is 12.8. The summed E-state index contributed by atoms with van der Waals surface area (Å²) in [6, 6.07) is -1.55. The summed E-state index contributed by atoms with van der Waals surface area (Å²) in [6.45, 7) is 6.72. The lowest BCUT2D eigenvalue weighted by Crippen LogP contribution is -2.51. The lowest BCUT2D eigenvalue weighted by Gasteiger charge is -2.29. The minimum atomic E-state index is -0.789. The van der Waals surface area contributed by atoms with Gasteiger partial charge in [-0.3, -0.25) is 9.59 Å². The molecule has 8 nitrogen and oxygen atoms in total. The predicted octanol–water partition coefficient (Wildman–Crippen LogP) is 3.09. The Morgan fingerprint density at radius 3 is 2.44 bits per heavy atom. The molecule has 182 valence electrons. The van der Waals surface area contributed by atoms with Gasteiger partial charge in [0, 0.05) is 12.5 Å². The van der Waals surface area contributed by atoms with Crippen LogP contribution in [0, 0.1) is 17.8 Å². The fourth-order valence-corrected chi connectivity index (χ4v) is 4.67. The van der Waals surface area contributed by atoms with Crippen LogP contribution in [0.3, 0.4) is 0 Å². The quantitative estimate of drug-likeness (QED) is 0.395. The van der Waals surface area contributed by atoms with Crippen molar-refractivity contribution in [2.45, 2.75) is 103 Å². The topological polar surface area (TPSA) is 114 Å². The lowest BCUT2D eigenvalue weighted by atomic mass is 9.84. The second-order valence-corrected chi connectivity index (χ2v) is 9.78. The van der Waals surface area contributed by atoms with Crippen molar-refractivity contribution in [3.63, 3.8) is 0 Å². The number of alkyl carbamates (subject to hydrolysis) is 1. The van der Waals surface area contributed by atoms with Crippen LogP contribution in [0.2, 0.25) is 0 Å². The lowest BCUT2D eigenvalue weighted by molar-refractivity contribution is -0.127. The molecule has 3 amide bonds. The first-order valence-electron chi connectivity index (χ1n) is 12.3. The molecule has 3 N–H and O–H groups in total. The number of hydrogen-bond acceptors (Lipinski definition) is 5. The van der Waals surface area contributed by atoms with Gasteiger partial charge in [-0.2, -0.15) is 0 Å². The zero-order valence-electron chi connectivity index (χ0n) is 19.9. The van der Waals surface area contributed by atoms with Crippen molar-refractivity contribution < 1.29 is 23.9 Å². The summed E-state index contributed by atoms with van der Waals surface area (Å²) >= 11 is 0. The van der Waals surface area contributed by atoms with E-state index in [2.05, 4.69) is 22.9 Å². The Hall–Kier alpha value is -2.12. The van der Waals surface area contributed by atoms with E-state index >= 15 is 0 Å². The van der Waals surface area contributed by atoms with Gasteiger partial charge in [-0.15, -0.1) is 0 Å². The molecule has 0 radical (unpaired) electrons. The number of aldehydes is 1. The van der Waals surface area contributed by atoms with Crippen LogP contribution in [0.4, 0.5) is 4.79 Å². The van der Waals surface area contributed by atoms with Gasteiger partial charge in [-0.25, -0.2) is 4.79 Å². The smallest absolute Gasteiger partial charge is 0.408 e. The van der Waals surface area contributed by atoms with E-state index in [0.717, 1.165) is 31.6 Å². The van der Waals surface area contributed by atoms with Crippen molar-refractivity contribution in [2.24, 2.45) is 17.8 Å². The summed E-state index contributed by atoms with van der Waals surface area (Å²) in [5.41, 5.74) is 0. The van der Waals surface area contributed by atoms with Gasteiger partial charge in [0.25, 0.3) is 0 Å². The van der Waals surface area contributed by atoms with Gasteiger partial charge >= 0.3 is 6.09 Å². The molecule has 1 saturated heterocycles. The number of hydrogen-bond donors (Lipinski definition) is 3. The average Bonchev–Trinajstić information content (AvgIpc) is 3.16. The Morgan fingerprint density at radius 2 is 1.88 bits per heavy atom. The van der Waals surface area contributed by atoms with E-state index in [4.69, 9.17) is 4.74 Å². The maximum absolute atomic E-state index is 12.8. The van der Waals surface area contributed by atoms with Crippen LogP contribution in [-0.2, 0) is 19.1 Å². The molecule has 0 unspecified atom stereocenters. The molecule has 0 aromatic carbocycles. The Kier molecular flexibility index (Phi) is 11.0. The third kappa shape index (κ3) is 8.79. The predicted molar refractivity (Wildman–Crippen MR) is 122 cm³/mol. The van der Waals surface area contributed by atoms with Crippen LogP contribution >= 0.6 is 0 Å². The summed E-state index contributed by atoms with van der Waals surface area (Å²) < 4.78 is 5.61. The van der Waals surface area contributed by atoms with Crippen molar-refractivity contribution >= 4 is 24.2 Å². The van der Waals surface area contributed by atoms with E-state index in [-0.39, 0.29) is 30.3 Å². The molecule has 1 heterocycles. The zero-order chi connectivity index (χ0) is 23.5. The highest BCUT2D eigenvalue weighted by molar-refractivity contribution is 5.88. The molecule has 0 spiro atoms. The highest BCUT2D eigenvalue weighted by atomic mass is 16.6. The third-order valence-electron chi connectivity index (χ3n) is 6.54. The first-order valence-corrected chi connectivity index (χ1v) is 12.3. The Morgan fingerprint density at radius 1 is 1.16 bits per heavy atom. The normalized spacial score (nSPS) is 25.0. The van der Waals surface area contributed by atoms with Crippen LogP contribution < -0.4 is 16.0 Å². The number of ether oxygens (including phenoxy) is 1. The van der Waals surface area contributed by atoms with Crippen molar-refractivity contribution in [2.75, 3.05) is 6.54 Å². The van der Waals surface area contributed by atoms with E-state index < -0.39 is 24.1 Å². The Balaban J connectivity index is 1.84. The molecule has 2 aliphatic rings. The van der Waals surface area contributed by atoms with Gasteiger partial charge in [0.05, 0.1) is 6.04 Å². The first-order chi connectivity index (χ1) is 15.3. The second-order valence-electron chi connectivity index (χ2n) is 9.78. The number of unbranched alkanes of at least 4 members (excludes halogenated alkanes) is 1. The first kappa shape index (κ1) is 26.1. The number of nitrogens with one attached hydrogen (secondary N) is 3. The van der Waals surface area contributed by atoms with Crippen LogP contribution in [0.5, 0.6) is 0 Å². The minimum absolute atomic E-state index is 0.0871. The summed E-state index contributed by atoms with van der Waals surface area (Å²) in [4.78, 5) is 48.6. The molecule has 1 aliphatic heterocycles. The molecule has 8 heteroatoms. The molecule has 2 rings (SSSR count). The molecule has 0 aromatic heterocycles. The molecule has 2 fully saturated rings. The van der Waals surface area contributed by atoms with Gasteiger partial charge < -0.3 is 25.5 Å². The van der Waals surface area contributed by atoms with E-state index in [1.165, 1.54) is 19.3 Å². The largest absolute Gasteiger partial charge is 0.446 e. The summed E-state index contributed by atoms with van der Waals surface area (Å²) in [5, 5.41) is 8.14. The highest BCUT2D eigenvalue weighted by Crippen LogP contribution is 2.29. The van der Waals surface area contributed by atoms with Gasteiger partial charge in [-0.05, 0) is 56.8 Å². The van der Waals surface area contributed by atoms with Gasteiger partial charge in [0.15, 0.2) is 0 Å². The highest BCUT2D eigenvalue weighted by Gasteiger charge is 2.31. The van der Waals surface area contributed by atoms with E-state index in [1.807, 2.05) is 13.8 Å². The van der Waals surface area contributed by atoms with Crippen molar-refractivity contribution in [1.29, 1.82) is 0 Å². The van der Waals surface area contributed by atoms with Crippen LogP contribution in [0.15, 0.2) is 0 Å². The van der Waals surface area contributed by atoms with Crippen LogP contribution in [0.25, 0.3) is 0 Å². The van der Waals surface area contributed by atoms with E-state index in [1.54, 1.807) is 0 Å². The van der Waals surface area contributed by atoms with Gasteiger partial charge in [0.2, 0.25) is 11.8 Å². The molecular weight excluding hydrogens is 410 g/mol. The van der Waals surface area contributed by atoms with Crippen molar-refractivity contribution in [3.05, 3.63) is 0 Å².